The molecule has 1 unspecified atom stereocenters. The van der Waals surface area contributed by atoms with Gasteiger partial charge in [-0.05, 0) is 43.2 Å². The molecule has 1 atom stereocenters. The van der Waals surface area contributed by atoms with E-state index in [0.29, 0.717) is 6.61 Å². The van der Waals surface area contributed by atoms with Crippen molar-refractivity contribution in [3.05, 3.63) is 59.3 Å². The minimum absolute atomic E-state index is 0.00355. The standard InChI is InChI=1S/C19H21FN2O/c1-15-4-3-12-21-19(15)22-16(2)5-6-17-7-9-18(10-8-17)14-23-13-11-20/h3-4,7-10,12,16H,11,13-14H2,1-2H3,(H,21,22). The first-order valence-corrected chi connectivity index (χ1v) is 7.61. The van der Waals surface area contributed by atoms with Crippen LogP contribution in [-0.4, -0.2) is 24.3 Å². The molecule has 120 valence electrons. The summed E-state index contributed by atoms with van der Waals surface area (Å²) in [6.45, 7) is 4.12. The molecule has 0 aliphatic rings. The topological polar surface area (TPSA) is 34.2 Å². The Bertz CT molecular complexity index is 674. The number of halogens is 1. The van der Waals surface area contributed by atoms with E-state index >= 15 is 0 Å². The van der Waals surface area contributed by atoms with Crippen molar-refractivity contribution in [3.63, 3.8) is 0 Å². The molecule has 1 heterocycles. The van der Waals surface area contributed by atoms with Crippen LogP contribution in [0.25, 0.3) is 0 Å². The van der Waals surface area contributed by atoms with Gasteiger partial charge in [0.05, 0.1) is 19.3 Å². The molecular weight excluding hydrogens is 291 g/mol. The minimum atomic E-state index is -0.454. The van der Waals surface area contributed by atoms with Gasteiger partial charge in [-0.25, -0.2) is 9.37 Å². The van der Waals surface area contributed by atoms with Crippen molar-refractivity contribution in [2.24, 2.45) is 0 Å². The molecule has 0 fully saturated rings. The van der Waals surface area contributed by atoms with E-state index in [1.807, 2.05) is 50.2 Å². The number of rotatable bonds is 6. The average Bonchev–Trinajstić information content (AvgIpc) is 2.56. The molecule has 0 aliphatic heterocycles. The van der Waals surface area contributed by atoms with Gasteiger partial charge in [-0.3, -0.25) is 0 Å². The predicted octanol–water partition coefficient (Wildman–Crippen LogP) is 3.73. The van der Waals surface area contributed by atoms with Gasteiger partial charge in [0.15, 0.2) is 0 Å². The third kappa shape index (κ3) is 5.72. The fourth-order valence-electron chi connectivity index (χ4n) is 2.00. The van der Waals surface area contributed by atoms with Crippen LogP contribution >= 0.6 is 0 Å². The van der Waals surface area contributed by atoms with Crippen molar-refractivity contribution in [1.29, 1.82) is 0 Å². The van der Waals surface area contributed by atoms with Crippen molar-refractivity contribution >= 4 is 5.82 Å². The van der Waals surface area contributed by atoms with Crippen LogP contribution in [0.2, 0.25) is 0 Å². The van der Waals surface area contributed by atoms with Gasteiger partial charge in [0.1, 0.15) is 12.5 Å². The van der Waals surface area contributed by atoms with Gasteiger partial charge in [-0.2, -0.15) is 0 Å². The van der Waals surface area contributed by atoms with Crippen LogP contribution in [0.1, 0.15) is 23.6 Å². The van der Waals surface area contributed by atoms with Gasteiger partial charge in [-0.15, -0.1) is 0 Å². The molecule has 0 saturated carbocycles. The number of nitrogens with zero attached hydrogens (tertiary/aromatic N) is 1. The second kappa shape index (κ2) is 8.92. The maximum Gasteiger partial charge on any atom is 0.129 e. The third-order valence-corrected chi connectivity index (χ3v) is 3.24. The predicted molar refractivity (Wildman–Crippen MR) is 91.0 cm³/mol. The zero-order chi connectivity index (χ0) is 16.5. The van der Waals surface area contributed by atoms with Gasteiger partial charge in [-0.1, -0.05) is 30.0 Å². The van der Waals surface area contributed by atoms with Crippen LogP contribution in [0, 0.1) is 18.8 Å². The Balaban J connectivity index is 1.91. The van der Waals surface area contributed by atoms with Gasteiger partial charge in [0.2, 0.25) is 0 Å². The summed E-state index contributed by atoms with van der Waals surface area (Å²) in [7, 11) is 0. The lowest BCUT2D eigenvalue weighted by Gasteiger charge is -2.10. The number of pyridine rings is 1. The Morgan fingerprint density at radius 1 is 1.26 bits per heavy atom. The normalized spacial score (nSPS) is 11.4. The quantitative estimate of drug-likeness (QED) is 0.652. The summed E-state index contributed by atoms with van der Waals surface area (Å²) in [6, 6.07) is 11.7. The maximum absolute atomic E-state index is 12.0. The smallest absolute Gasteiger partial charge is 0.129 e. The molecule has 3 nitrogen and oxygen atoms in total. The van der Waals surface area contributed by atoms with Crippen LogP contribution in [-0.2, 0) is 11.3 Å². The number of hydrogen-bond donors (Lipinski definition) is 1. The molecule has 23 heavy (non-hydrogen) atoms. The molecule has 0 spiro atoms. The Hall–Kier alpha value is -2.38. The molecule has 0 aliphatic carbocycles. The molecule has 0 saturated heterocycles. The van der Waals surface area contributed by atoms with Crippen molar-refractivity contribution in [2.75, 3.05) is 18.6 Å². The van der Waals surface area contributed by atoms with Crippen molar-refractivity contribution < 1.29 is 9.13 Å². The maximum atomic E-state index is 12.0. The molecule has 1 N–H and O–H groups in total. The lowest BCUT2D eigenvalue weighted by atomic mass is 10.1. The fraction of sp³-hybridized carbons (Fsp3) is 0.316. The molecule has 2 aromatic rings. The number of benzene rings is 1. The Kier molecular flexibility index (Phi) is 6.58. The molecule has 1 aromatic heterocycles. The van der Waals surface area contributed by atoms with Gasteiger partial charge < -0.3 is 10.1 Å². The summed E-state index contributed by atoms with van der Waals surface area (Å²) in [5.41, 5.74) is 3.05. The summed E-state index contributed by atoms with van der Waals surface area (Å²) in [5, 5.41) is 3.29. The Morgan fingerprint density at radius 3 is 2.74 bits per heavy atom. The summed E-state index contributed by atoms with van der Waals surface area (Å²) < 4.78 is 17.1. The van der Waals surface area contributed by atoms with E-state index in [0.717, 1.165) is 22.5 Å². The molecule has 0 bridgehead atoms. The molecule has 2 rings (SSSR count). The Morgan fingerprint density at radius 2 is 2.04 bits per heavy atom. The second-order valence-electron chi connectivity index (χ2n) is 5.24. The number of ether oxygens (including phenoxy) is 1. The first-order chi connectivity index (χ1) is 11.2. The lowest BCUT2D eigenvalue weighted by Crippen LogP contribution is -2.14. The van der Waals surface area contributed by atoms with Crippen LogP contribution < -0.4 is 5.32 Å². The molecule has 0 radical (unpaired) electrons. The van der Waals surface area contributed by atoms with E-state index in [1.54, 1.807) is 6.20 Å². The van der Waals surface area contributed by atoms with Crippen molar-refractivity contribution in [1.82, 2.24) is 4.98 Å². The molecule has 4 heteroatoms. The number of nitrogens with one attached hydrogen (secondary N) is 1. The lowest BCUT2D eigenvalue weighted by molar-refractivity contribution is 0.106. The molecule has 0 amide bonds. The number of anilines is 1. The SMILES string of the molecule is Cc1cccnc1NC(C)C#Cc1ccc(COCCF)cc1. The summed E-state index contributed by atoms with van der Waals surface area (Å²) in [5.74, 6) is 7.16. The molecular formula is C19H21FN2O. The van der Waals surface area contributed by atoms with E-state index in [1.165, 1.54) is 0 Å². The zero-order valence-electron chi connectivity index (χ0n) is 13.5. The zero-order valence-corrected chi connectivity index (χ0v) is 13.5. The summed E-state index contributed by atoms with van der Waals surface area (Å²) in [6.07, 6.45) is 1.76. The highest BCUT2D eigenvalue weighted by Crippen LogP contribution is 2.10. The van der Waals surface area contributed by atoms with Crippen LogP contribution in [0.15, 0.2) is 42.6 Å². The van der Waals surface area contributed by atoms with E-state index in [4.69, 9.17) is 4.74 Å². The highest BCUT2D eigenvalue weighted by Gasteiger charge is 2.01. The second-order valence-corrected chi connectivity index (χ2v) is 5.24. The fourth-order valence-corrected chi connectivity index (χ4v) is 2.00. The molecule has 1 aromatic carbocycles. The van der Waals surface area contributed by atoms with Crippen LogP contribution in [0.5, 0.6) is 0 Å². The van der Waals surface area contributed by atoms with Crippen LogP contribution in [0.4, 0.5) is 10.2 Å². The Labute approximate surface area is 136 Å². The van der Waals surface area contributed by atoms with Gasteiger partial charge >= 0.3 is 0 Å². The summed E-state index contributed by atoms with van der Waals surface area (Å²) >= 11 is 0. The third-order valence-electron chi connectivity index (χ3n) is 3.24. The van der Waals surface area contributed by atoms with E-state index < -0.39 is 6.67 Å². The monoisotopic (exact) mass is 312 g/mol. The van der Waals surface area contributed by atoms with Gasteiger partial charge in [0.25, 0.3) is 0 Å². The number of aryl methyl sites for hydroxylation is 1. The van der Waals surface area contributed by atoms with E-state index in [-0.39, 0.29) is 12.6 Å². The first-order valence-electron chi connectivity index (χ1n) is 7.61. The largest absolute Gasteiger partial charge is 0.374 e. The highest BCUT2D eigenvalue weighted by atomic mass is 19.1. The van der Waals surface area contributed by atoms with E-state index in [2.05, 4.69) is 22.1 Å². The highest BCUT2D eigenvalue weighted by molar-refractivity contribution is 5.46. The average molecular weight is 312 g/mol. The number of hydrogen-bond acceptors (Lipinski definition) is 3. The van der Waals surface area contributed by atoms with Crippen molar-refractivity contribution in [3.8, 4) is 11.8 Å². The van der Waals surface area contributed by atoms with Crippen molar-refractivity contribution in [2.45, 2.75) is 26.5 Å². The number of aromatic nitrogens is 1. The van der Waals surface area contributed by atoms with Gasteiger partial charge in [0, 0.05) is 11.8 Å². The first kappa shape index (κ1) is 17.0. The summed E-state index contributed by atoms with van der Waals surface area (Å²) in [4.78, 5) is 4.30. The van der Waals surface area contributed by atoms with Crippen LogP contribution in [0.3, 0.4) is 0 Å². The minimum Gasteiger partial charge on any atom is -0.374 e. The van der Waals surface area contributed by atoms with E-state index in [9.17, 15) is 4.39 Å². The number of alkyl halides is 1.